The third kappa shape index (κ3) is 4.25. The smallest absolute Gasteiger partial charge is 0.0659 e. The molecule has 0 unspecified atom stereocenters. The van der Waals surface area contributed by atoms with Crippen LogP contribution in [0.5, 0.6) is 0 Å². The lowest BCUT2D eigenvalue weighted by atomic mass is 10.2. The van der Waals surface area contributed by atoms with Crippen LogP contribution in [0, 0.1) is 0 Å². The van der Waals surface area contributed by atoms with Gasteiger partial charge in [0.25, 0.3) is 0 Å². The highest BCUT2D eigenvalue weighted by Crippen LogP contribution is 2.20. The lowest BCUT2D eigenvalue weighted by Crippen LogP contribution is -1.89. The van der Waals surface area contributed by atoms with Gasteiger partial charge in [-0.2, -0.15) is 0 Å². The van der Waals surface area contributed by atoms with Gasteiger partial charge in [0, 0.05) is 12.4 Å². The minimum atomic E-state index is 0.894. The van der Waals surface area contributed by atoms with Crippen molar-refractivity contribution in [1.29, 1.82) is 0 Å². The van der Waals surface area contributed by atoms with E-state index >= 15 is 0 Å². The number of hydrogen-bond acceptors (Lipinski definition) is 5. The van der Waals surface area contributed by atoms with E-state index in [4.69, 9.17) is 0 Å². The van der Waals surface area contributed by atoms with Gasteiger partial charge >= 0.3 is 0 Å². The van der Waals surface area contributed by atoms with Crippen LogP contribution in [0.25, 0.3) is 0 Å². The second-order valence-electron chi connectivity index (χ2n) is 6.78. The molecule has 30 heavy (non-hydrogen) atoms. The van der Waals surface area contributed by atoms with Crippen molar-refractivity contribution in [3.63, 3.8) is 0 Å². The molecule has 5 heteroatoms. The molecule has 0 aromatic carbocycles. The van der Waals surface area contributed by atoms with E-state index in [1.54, 1.807) is 12.4 Å². The van der Waals surface area contributed by atoms with Crippen molar-refractivity contribution in [3.05, 3.63) is 126 Å². The Bertz CT molecular complexity index is 1040. The number of fused-ring (bicyclic) bond motifs is 4. The Balaban J connectivity index is 0.000000279. The summed E-state index contributed by atoms with van der Waals surface area (Å²) in [5.41, 5.74) is 7.15. The first-order valence-electron chi connectivity index (χ1n) is 9.59. The van der Waals surface area contributed by atoms with Crippen LogP contribution >= 0.6 is 0 Å². The third-order valence-corrected chi connectivity index (χ3v) is 4.48. The molecule has 0 fully saturated rings. The number of aromatic nitrogens is 1. The van der Waals surface area contributed by atoms with E-state index in [2.05, 4.69) is 25.0 Å². The minimum Gasteiger partial charge on any atom is -0.265 e. The summed E-state index contributed by atoms with van der Waals surface area (Å²) in [4.78, 5) is 22.2. The second kappa shape index (κ2) is 8.01. The molecule has 0 spiro atoms. The maximum absolute atomic E-state index is 4.59. The van der Waals surface area contributed by atoms with Crippen molar-refractivity contribution < 1.29 is 0 Å². The Morgan fingerprint density at radius 3 is 0.933 bits per heavy atom. The fourth-order valence-corrected chi connectivity index (χ4v) is 3.14. The molecule has 0 radical (unpaired) electrons. The first-order valence-corrected chi connectivity index (χ1v) is 9.59. The van der Waals surface area contributed by atoms with Gasteiger partial charge in [-0.15, -0.1) is 0 Å². The number of nitrogens with zero attached hydrogens (tertiary/aromatic N) is 5. The first kappa shape index (κ1) is 17.8. The lowest BCUT2D eigenvalue weighted by Gasteiger charge is -1.94. The molecule has 8 bridgehead atoms. The highest BCUT2D eigenvalue weighted by atomic mass is 14.8. The van der Waals surface area contributed by atoms with Crippen LogP contribution in [0.1, 0.15) is 0 Å². The van der Waals surface area contributed by atoms with E-state index in [9.17, 15) is 0 Å². The normalized spacial score (nSPS) is 19.7. The average Bonchev–Trinajstić information content (AvgIpc) is 3.56. The highest BCUT2D eigenvalue weighted by Gasteiger charge is 2.11. The first-order chi connectivity index (χ1) is 14.8. The molecule has 0 amide bonds. The van der Waals surface area contributed by atoms with E-state index in [1.807, 2.05) is 91.1 Å². The van der Waals surface area contributed by atoms with Crippen molar-refractivity contribution >= 4 is 22.8 Å². The summed E-state index contributed by atoms with van der Waals surface area (Å²) in [7, 11) is 0. The maximum Gasteiger partial charge on any atom is 0.0659 e. The van der Waals surface area contributed by atoms with E-state index in [1.165, 1.54) is 0 Å². The summed E-state index contributed by atoms with van der Waals surface area (Å²) in [6.45, 7) is 0. The molecule has 1 aromatic heterocycles. The SMILES string of the molecule is C1=CC2=NC1=CC1=NC(=CC3=NC(=CC4=NC(=C2)C=C4)C=C3)C=C1.c1ccncc1. The van der Waals surface area contributed by atoms with Gasteiger partial charge in [-0.1, -0.05) is 6.07 Å². The number of allylic oxidation sites excluding steroid dienone is 12. The van der Waals surface area contributed by atoms with Crippen LogP contribution in [-0.2, 0) is 0 Å². The van der Waals surface area contributed by atoms with Gasteiger partial charge < -0.3 is 0 Å². The summed E-state index contributed by atoms with van der Waals surface area (Å²) < 4.78 is 0. The van der Waals surface area contributed by atoms with Crippen molar-refractivity contribution in [2.45, 2.75) is 0 Å². The Labute approximate surface area is 174 Å². The average molecular weight is 387 g/mol. The monoisotopic (exact) mass is 387 g/mol. The lowest BCUT2D eigenvalue weighted by molar-refractivity contribution is 1.33. The van der Waals surface area contributed by atoms with Gasteiger partial charge in [0.2, 0.25) is 0 Å². The topological polar surface area (TPSA) is 62.3 Å². The Morgan fingerprint density at radius 2 is 0.700 bits per heavy atom. The minimum absolute atomic E-state index is 0.894. The Hall–Kier alpha value is -4.25. The molecule has 1 aromatic rings. The quantitative estimate of drug-likeness (QED) is 0.639. The number of aliphatic imine (C=N–C) groups is 4. The highest BCUT2D eigenvalue weighted by molar-refractivity contribution is 6.14. The molecule has 0 saturated heterocycles. The largest absolute Gasteiger partial charge is 0.265 e. The van der Waals surface area contributed by atoms with Gasteiger partial charge in [-0.05, 0) is 85.0 Å². The molecule has 5 aliphatic heterocycles. The van der Waals surface area contributed by atoms with Crippen molar-refractivity contribution in [2.24, 2.45) is 20.0 Å². The van der Waals surface area contributed by atoms with E-state index in [0.29, 0.717) is 0 Å². The molecule has 0 saturated carbocycles. The molecule has 0 N–H and O–H groups in total. The molecular formula is C25H17N5. The van der Waals surface area contributed by atoms with Crippen LogP contribution in [0.2, 0.25) is 0 Å². The van der Waals surface area contributed by atoms with Crippen molar-refractivity contribution in [2.75, 3.05) is 0 Å². The molecule has 0 atom stereocenters. The predicted octanol–water partition coefficient (Wildman–Crippen LogP) is 4.66. The molecule has 5 nitrogen and oxygen atoms in total. The standard InChI is InChI=1S/C20H12N4.C5H5N/c1-2-14-10-16-5-6-18(23-16)12-20-8-7-19(24-20)11-17-4-3-15(22-17)9-13(1)21-14;1-2-4-6-5-3-1/h1-12H;1-5H. The van der Waals surface area contributed by atoms with Crippen molar-refractivity contribution in [1.82, 2.24) is 4.98 Å². The van der Waals surface area contributed by atoms with Crippen LogP contribution in [0.15, 0.2) is 146 Å². The number of rotatable bonds is 0. The van der Waals surface area contributed by atoms with Gasteiger partial charge in [0.1, 0.15) is 0 Å². The van der Waals surface area contributed by atoms with Gasteiger partial charge in [0.05, 0.1) is 45.6 Å². The number of hydrogen-bond donors (Lipinski definition) is 0. The summed E-state index contributed by atoms with van der Waals surface area (Å²) >= 11 is 0. The van der Waals surface area contributed by atoms with E-state index in [0.717, 1.165) is 45.6 Å². The van der Waals surface area contributed by atoms with Gasteiger partial charge in [0.15, 0.2) is 0 Å². The van der Waals surface area contributed by atoms with E-state index < -0.39 is 0 Å². The van der Waals surface area contributed by atoms with Gasteiger partial charge in [-0.25, -0.2) is 20.0 Å². The molecular weight excluding hydrogens is 370 g/mol. The second-order valence-corrected chi connectivity index (χ2v) is 6.78. The van der Waals surface area contributed by atoms with Gasteiger partial charge in [-0.3, -0.25) is 4.98 Å². The Morgan fingerprint density at radius 1 is 0.367 bits per heavy atom. The van der Waals surface area contributed by atoms with Crippen LogP contribution in [0.4, 0.5) is 0 Å². The maximum atomic E-state index is 4.59. The Kier molecular flexibility index (Phi) is 4.76. The summed E-state index contributed by atoms with van der Waals surface area (Å²) in [5.74, 6) is 0. The fraction of sp³-hybridized carbons (Fsp3) is 0. The van der Waals surface area contributed by atoms with Crippen LogP contribution in [-0.4, -0.2) is 27.8 Å². The van der Waals surface area contributed by atoms with Crippen LogP contribution < -0.4 is 0 Å². The summed E-state index contributed by atoms with van der Waals surface area (Å²) in [6.07, 6.45) is 27.3. The van der Waals surface area contributed by atoms with Crippen molar-refractivity contribution in [3.8, 4) is 0 Å². The zero-order valence-corrected chi connectivity index (χ0v) is 16.1. The molecule has 6 rings (SSSR count). The zero-order chi connectivity index (χ0) is 20.2. The third-order valence-electron chi connectivity index (χ3n) is 4.48. The summed E-state index contributed by atoms with van der Waals surface area (Å²) in [6, 6.07) is 5.72. The van der Waals surface area contributed by atoms with Crippen LogP contribution in [0.3, 0.4) is 0 Å². The molecule has 6 heterocycles. The zero-order valence-electron chi connectivity index (χ0n) is 16.1. The predicted molar refractivity (Wildman–Crippen MR) is 123 cm³/mol. The molecule has 5 aliphatic rings. The van der Waals surface area contributed by atoms with E-state index in [-0.39, 0.29) is 0 Å². The number of pyridine rings is 1. The molecule has 0 aliphatic carbocycles. The molecule has 142 valence electrons. The fourth-order valence-electron chi connectivity index (χ4n) is 3.14. The summed E-state index contributed by atoms with van der Waals surface area (Å²) in [5, 5.41) is 0.